The number of hydrogen-bond donors (Lipinski definition) is 1. The number of likely N-dealkylation sites (tertiary alicyclic amines) is 1. The summed E-state index contributed by atoms with van der Waals surface area (Å²) in [4.78, 5) is 27.3. The van der Waals surface area contributed by atoms with Crippen LogP contribution in [-0.4, -0.2) is 73.7 Å². The second kappa shape index (κ2) is 8.33. The maximum Gasteiger partial charge on any atom is 0.314 e. The fraction of sp³-hybridized carbons (Fsp3) is 0.474. The lowest BCUT2D eigenvalue weighted by Crippen LogP contribution is -2.53. The number of amides is 3. The van der Waals surface area contributed by atoms with Crippen molar-refractivity contribution in [3.05, 3.63) is 29.3 Å². The van der Waals surface area contributed by atoms with Gasteiger partial charge in [-0.15, -0.1) is 11.3 Å². The molecule has 2 aliphatic heterocycles. The van der Waals surface area contributed by atoms with Crippen molar-refractivity contribution in [3.63, 3.8) is 0 Å². The number of carbonyl (C=O) groups is 2. The van der Waals surface area contributed by atoms with Crippen molar-refractivity contribution in [2.45, 2.75) is 17.1 Å². The largest absolute Gasteiger partial charge is 0.351 e. The van der Waals surface area contributed by atoms with E-state index in [9.17, 15) is 18.0 Å². The van der Waals surface area contributed by atoms with Crippen LogP contribution in [0.3, 0.4) is 0 Å². The number of piperazine rings is 1. The number of nitrogens with zero attached hydrogens (tertiary/aromatic N) is 3. The molecule has 1 aromatic carbocycles. The zero-order valence-electron chi connectivity index (χ0n) is 16.3. The molecule has 0 saturated carbocycles. The molecule has 11 heteroatoms. The number of carbonyl (C=O) groups excluding carboxylic acids is 2. The van der Waals surface area contributed by atoms with Crippen LogP contribution in [0.4, 0.5) is 4.79 Å². The van der Waals surface area contributed by atoms with Gasteiger partial charge in [0.25, 0.3) is 10.0 Å². The van der Waals surface area contributed by atoms with Crippen molar-refractivity contribution in [2.75, 3.05) is 39.3 Å². The van der Waals surface area contributed by atoms with Crippen LogP contribution in [0.2, 0.25) is 5.02 Å². The summed E-state index contributed by atoms with van der Waals surface area (Å²) in [5, 5.41) is 1.37. The van der Waals surface area contributed by atoms with E-state index >= 15 is 0 Å². The topological polar surface area (TPSA) is 104 Å². The molecule has 3 amide bonds. The standard InChI is InChI=1S/C19H23ClN4O4S2/c20-15-2-1-14-9-18(29-16(14)10-15)30(27,28)24-8-7-23(17(25)12-24)11-13-3-5-22(6-4-13)19(21)26/h1-2,9-10,13H,3-8,11-12H2,(H2,21,26). The molecule has 0 unspecified atom stereocenters. The SMILES string of the molecule is NC(=O)N1CCC(CN2CCN(S(=O)(=O)c3cc4ccc(Cl)cc4s3)CC2=O)CC1. The van der Waals surface area contributed by atoms with Gasteiger partial charge in [-0.1, -0.05) is 17.7 Å². The van der Waals surface area contributed by atoms with E-state index in [1.807, 2.05) is 0 Å². The maximum absolute atomic E-state index is 13.1. The van der Waals surface area contributed by atoms with E-state index < -0.39 is 16.1 Å². The molecule has 0 bridgehead atoms. The Morgan fingerprint density at radius 1 is 1.17 bits per heavy atom. The van der Waals surface area contributed by atoms with Crippen LogP contribution in [0.1, 0.15) is 12.8 Å². The number of thiophene rings is 1. The average Bonchev–Trinajstić information content (AvgIpc) is 3.14. The number of nitrogens with two attached hydrogens (primary N) is 1. The third-order valence-electron chi connectivity index (χ3n) is 5.74. The van der Waals surface area contributed by atoms with Gasteiger partial charge in [0.1, 0.15) is 4.21 Å². The molecule has 4 rings (SSSR count). The van der Waals surface area contributed by atoms with Crippen LogP contribution < -0.4 is 5.73 Å². The predicted molar refractivity (Wildman–Crippen MR) is 116 cm³/mol. The van der Waals surface area contributed by atoms with Crippen molar-refractivity contribution in [1.82, 2.24) is 14.1 Å². The number of primary amides is 1. The number of halogens is 1. The van der Waals surface area contributed by atoms with Gasteiger partial charge in [0.15, 0.2) is 0 Å². The van der Waals surface area contributed by atoms with Crippen LogP contribution in [0.25, 0.3) is 10.1 Å². The fourth-order valence-corrected chi connectivity index (χ4v) is 7.18. The van der Waals surface area contributed by atoms with Gasteiger partial charge in [-0.2, -0.15) is 4.31 Å². The number of sulfonamides is 1. The number of piperidine rings is 1. The molecule has 2 aromatic rings. The van der Waals surface area contributed by atoms with Gasteiger partial charge < -0.3 is 15.5 Å². The smallest absolute Gasteiger partial charge is 0.314 e. The molecule has 2 aliphatic rings. The van der Waals surface area contributed by atoms with Crippen molar-refractivity contribution in [1.29, 1.82) is 0 Å². The second-order valence-electron chi connectivity index (χ2n) is 7.69. The number of rotatable bonds is 4. The zero-order valence-corrected chi connectivity index (χ0v) is 18.7. The highest BCUT2D eigenvalue weighted by Gasteiger charge is 2.35. The lowest BCUT2D eigenvalue weighted by atomic mass is 9.96. The molecule has 0 atom stereocenters. The Bertz CT molecular complexity index is 1080. The highest BCUT2D eigenvalue weighted by molar-refractivity contribution is 7.91. The molecule has 2 saturated heterocycles. The minimum atomic E-state index is -3.74. The second-order valence-corrected chi connectivity index (χ2v) is 11.4. The van der Waals surface area contributed by atoms with Gasteiger partial charge in [0, 0.05) is 42.4 Å². The summed E-state index contributed by atoms with van der Waals surface area (Å²) in [7, 11) is -3.74. The molecule has 0 spiro atoms. The lowest BCUT2D eigenvalue weighted by molar-refractivity contribution is -0.135. The van der Waals surface area contributed by atoms with E-state index in [1.54, 1.807) is 34.1 Å². The molecule has 0 radical (unpaired) electrons. The Labute approximate surface area is 184 Å². The van der Waals surface area contributed by atoms with Crippen molar-refractivity contribution < 1.29 is 18.0 Å². The van der Waals surface area contributed by atoms with Crippen molar-refractivity contribution in [2.24, 2.45) is 11.7 Å². The normalized spacial score (nSPS) is 19.6. The summed E-state index contributed by atoms with van der Waals surface area (Å²) in [5.74, 6) is 0.103. The van der Waals surface area contributed by atoms with Gasteiger partial charge in [0.2, 0.25) is 5.91 Å². The third kappa shape index (κ3) is 4.27. The average molecular weight is 471 g/mol. The zero-order chi connectivity index (χ0) is 21.5. The first-order valence-electron chi connectivity index (χ1n) is 9.75. The number of hydrogen-bond acceptors (Lipinski definition) is 5. The summed E-state index contributed by atoms with van der Waals surface area (Å²) in [6.07, 6.45) is 1.58. The van der Waals surface area contributed by atoms with E-state index in [0.29, 0.717) is 37.1 Å². The van der Waals surface area contributed by atoms with Gasteiger partial charge in [-0.05, 0) is 42.3 Å². The van der Waals surface area contributed by atoms with Gasteiger partial charge in [0.05, 0.1) is 6.54 Å². The highest BCUT2D eigenvalue weighted by atomic mass is 35.5. The van der Waals surface area contributed by atoms with Crippen LogP contribution in [0.15, 0.2) is 28.5 Å². The minimum absolute atomic E-state index is 0.155. The van der Waals surface area contributed by atoms with Crippen LogP contribution in [0, 0.1) is 5.92 Å². The number of fused-ring (bicyclic) bond motifs is 1. The van der Waals surface area contributed by atoms with Crippen LogP contribution in [-0.2, 0) is 14.8 Å². The van der Waals surface area contributed by atoms with Crippen molar-refractivity contribution in [3.8, 4) is 0 Å². The quantitative estimate of drug-likeness (QED) is 0.739. The molecule has 2 fully saturated rings. The van der Waals surface area contributed by atoms with Crippen molar-refractivity contribution >= 4 is 55.0 Å². The summed E-state index contributed by atoms with van der Waals surface area (Å²) in [6.45, 7) is 2.25. The lowest BCUT2D eigenvalue weighted by Gasteiger charge is -2.37. The Morgan fingerprint density at radius 3 is 2.57 bits per heavy atom. The Balaban J connectivity index is 1.39. The fourth-order valence-electron chi connectivity index (χ4n) is 3.97. The number of urea groups is 1. The Morgan fingerprint density at radius 2 is 1.90 bits per heavy atom. The minimum Gasteiger partial charge on any atom is -0.351 e. The molecule has 30 heavy (non-hydrogen) atoms. The monoisotopic (exact) mass is 470 g/mol. The first kappa shape index (κ1) is 21.4. The van der Waals surface area contributed by atoms with E-state index in [4.69, 9.17) is 17.3 Å². The number of benzene rings is 1. The van der Waals surface area contributed by atoms with E-state index in [-0.39, 0.29) is 23.2 Å². The molecular weight excluding hydrogens is 448 g/mol. The summed E-state index contributed by atoms with van der Waals surface area (Å²) < 4.78 is 28.4. The first-order chi connectivity index (χ1) is 14.2. The van der Waals surface area contributed by atoms with Gasteiger partial charge in [-0.3, -0.25) is 4.79 Å². The molecule has 162 valence electrons. The maximum atomic E-state index is 13.1. The Kier molecular flexibility index (Phi) is 5.93. The Hall–Kier alpha value is -1.88. The molecular formula is C19H23ClN4O4S2. The van der Waals surface area contributed by atoms with Gasteiger partial charge >= 0.3 is 6.03 Å². The molecule has 0 aliphatic carbocycles. The molecule has 3 heterocycles. The van der Waals surface area contributed by atoms with E-state index in [0.717, 1.165) is 34.3 Å². The first-order valence-corrected chi connectivity index (χ1v) is 12.4. The van der Waals surface area contributed by atoms with E-state index in [2.05, 4.69) is 0 Å². The van der Waals surface area contributed by atoms with E-state index in [1.165, 1.54) is 4.31 Å². The van der Waals surface area contributed by atoms with Crippen LogP contribution in [0.5, 0.6) is 0 Å². The molecule has 1 aromatic heterocycles. The third-order valence-corrected chi connectivity index (χ3v) is 9.37. The summed E-state index contributed by atoms with van der Waals surface area (Å²) in [6, 6.07) is 6.48. The summed E-state index contributed by atoms with van der Waals surface area (Å²) in [5.41, 5.74) is 5.31. The highest BCUT2D eigenvalue weighted by Crippen LogP contribution is 2.33. The predicted octanol–water partition coefficient (Wildman–Crippen LogP) is 2.18. The van der Waals surface area contributed by atoms with Crippen LogP contribution >= 0.6 is 22.9 Å². The summed E-state index contributed by atoms with van der Waals surface area (Å²) >= 11 is 7.16. The molecule has 2 N–H and O–H groups in total. The molecule has 8 nitrogen and oxygen atoms in total. The van der Waals surface area contributed by atoms with Gasteiger partial charge in [-0.25, -0.2) is 13.2 Å².